The van der Waals surface area contributed by atoms with Crippen molar-refractivity contribution >= 4 is 0 Å². The topological polar surface area (TPSA) is 49.5 Å². The molecule has 0 heterocycles. The van der Waals surface area contributed by atoms with Gasteiger partial charge in [0.1, 0.15) is 0 Å². The number of likely N-dealkylation sites (N-methyl/N-ethyl adjacent to an activating group) is 1. The molecule has 0 saturated heterocycles. The third-order valence-corrected chi connectivity index (χ3v) is 4.10. The molecule has 0 aliphatic heterocycles. The standard InChI is InChI=1S/C13H28N2O/c1-4-13(3,16)10-15(5-2)12-8-6-7-11(12)9-14/h11-12,16H,4-10,14H2,1-3H3. The van der Waals surface area contributed by atoms with Gasteiger partial charge in [-0.3, -0.25) is 4.90 Å². The lowest BCUT2D eigenvalue weighted by molar-refractivity contribution is -0.000525. The number of nitrogens with two attached hydrogens (primary N) is 1. The van der Waals surface area contributed by atoms with E-state index in [2.05, 4.69) is 11.8 Å². The monoisotopic (exact) mass is 228 g/mol. The fourth-order valence-electron chi connectivity index (χ4n) is 2.79. The number of hydrogen-bond donors (Lipinski definition) is 2. The summed E-state index contributed by atoms with van der Waals surface area (Å²) in [5.41, 5.74) is 5.27. The molecule has 0 aromatic rings. The van der Waals surface area contributed by atoms with Crippen LogP contribution in [0.3, 0.4) is 0 Å². The smallest absolute Gasteiger partial charge is 0.0743 e. The molecule has 0 aromatic heterocycles. The number of nitrogens with zero attached hydrogens (tertiary/aromatic N) is 1. The molecule has 3 atom stereocenters. The molecule has 1 rings (SSSR count). The van der Waals surface area contributed by atoms with Gasteiger partial charge in [0.2, 0.25) is 0 Å². The molecule has 0 bridgehead atoms. The molecule has 3 nitrogen and oxygen atoms in total. The Balaban J connectivity index is 2.59. The molecule has 0 spiro atoms. The maximum atomic E-state index is 10.2. The Morgan fingerprint density at radius 2 is 2.06 bits per heavy atom. The van der Waals surface area contributed by atoms with Gasteiger partial charge in [0, 0.05) is 12.6 Å². The second-order valence-corrected chi connectivity index (χ2v) is 5.41. The Labute approximate surface area is 100 Å². The summed E-state index contributed by atoms with van der Waals surface area (Å²) in [5, 5.41) is 10.2. The van der Waals surface area contributed by atoms with Crippen molar-refractivity contribution in [1.29, 1.82) is 0 Å². The van der Waals surface area contributed by atoms with Gasteiger partial charge in [-0.15, -0.1) is 0 Å². The van der Waals surface area contributed by atoms with Crippen LogP contribution in [0, 0.1) is 5.92 Å². The quantitative estimate of drug-likeness (QED) is 0.726. The summed E-state index contributed by atoms with van der Waals surface area (Å²) in [6.45, 7) is 8.73. The largest absolute Gasteiger partial charge is 0.389 e. The third kappa shape index (κ3) is 3.44. The van der Waals surface area contributed by atoms with Crippen molar-refractivity contribution in [3.63, 3.8) is 0 Å². The minimum atomic E-state index is -0.558. The second-order valence-electron chi connectivity index (χ2n) is 5.41. The van der Waals surface area contributed by atoms with E-state index in [4.69, 9.17) is 5.73 Å². The van der Waals surface area contributed by atoms with Crippen LogP contribution in [0.2, 0.25) is 0 Å². The fraction of sp³-hybridized carbons (Fsp3) is 1.00. The molecular formula is C13H28N2O. The highest BCUT2D eigenvalue weighted by Gasteiger charge is 2.33. The first-order chi connectivity index (χ1) is 7.54. The molecule has 3 N–H and O–H groups in total. The van der Waals surface area contributed by atoms with Crippen molar-refractivity contribution < 1.29 is 5.11 Å². The van der Waals surface area contributed by atoms with Gasteiger partial charge >= 0.3 is 0 Å². The third-order valence-electron chi connectivity index (χ3n) is 4.10. The lowest BCUT2D eigenvalue weighted by atomic mass is 9.98. The van der Waals surface area contributed by atoms with Crippen molar-refractivity contribution in [1.82, 2.24) is 4.90 Å². The van der Waals surface area contributed by atoms with Gasteiger partial charge in [-0.1, -0.05) is 20.3 Å². The van der Waals surface area contributed by atoms with E-state index in [1.54, 1.807) is 0 Å². The Bertz CT molecular complexity index is 206. The predicted octanol–water partition coefficient (Wildman–Crippen LogP) is 1.60. The van der Waals surface area contributed by atoms with Crippen LogP contribution in [-0.4, -0.2) is 41.3 Å². The second kappa shape index (κ2) is 5.99. The van der Waals surface area contributed by atoms with Crippen LogP contribution in [0.1, 0.15) is 46.5 Å². The molecule has 1 aliphatic rings. The normalized spacial score (nSPS) is 29.6. The molecule has 16 heavy (non-hydrogen) atoms. The van der Waals surface area contributed by atoms with Crippen molar-refractivity contribution in [3.05, 3.63) is 0 Å². The first kappa shape index (κ1) is 13.9. The predicted molar refractivity (Wildman–Crippen MR) is 68.3 cm³/mol. The van der Waals surface area contributed by atoms with Crippen molar-refractivity contribution in [2.24, 2.45) is 11.7 Å². The van der Waals surface area contributed by atoms with E-state index in [1.807, 2.05) is 13.8 Å². The summed E-state index contributed by atoms with van der Waals surface area (Å²) in [4.78, 5) is 2.42. The molecule has 0 aromatic carbocycles. The highest BCUT2D eigenvalue weighted by atomic mass is 16.3. The zero-order valence-corrected chi connectivity index (χ0v) is 11.1. The molecule has 0 amide bonds. The van der Waals surface area contributed by atoms with Crippen LogP contribution < -0.4 is 5.73 Å². The molecule has 1 aliphatic carbocycles. The molecule has 0 radical (unpaired) electrons. The van der Waals surface area contributed by atoms with Crippen LogP contribution in [0.15, 0.2) is 0 Å². The van der Waals surface area contributed by atoms with Crippen LogP contribution in [0.25, 0.3) is 0 Å². The average Bonchev–Trinajstić information content (AvgIpc) is 2.74. The van der Waals surface area contributed by atoms with Crippen molar-refractivity contribution in [3.8, 4) is 0 Å². The van der Waals surface area contributed by atoms with Gasteiger partial charge in [-0.05, 0) is 45.2 Å². The SMILES string of the molecule is CCN(CC(C)(O)CC)C1CCCC1CN. The molecule has 96 valence electrons. The van der Waals surface area contributed by atoms with E-state index in [0.29, 0.717) is 12.0 Å². The number of aliphatic hydroxyl groups is 1. The Morgan fingerprint density at radius 1 is 1.38 bits per heavy atom. The number of rotatable bonds is 6. The Hall–Kier alpha value is -0.120. The van der Waals surface area contributed by atoms with Crippen LogP contribution >= 0.6 is 0 Å². The summed E-state index contributed by atoms with van der Waals surface area (Å²) in [6, 6.07) is 0.591. The van der Waals surface area contributed by atoms with Gasteiger partial charge in [0.05, 0.1) is 5.60 Å². The van der Waals surface area contributed by atoms with Crippen LogP contribution in [0.4, 0.5) is 0 Å². The van der Waals surface area contributed by atoms with Gasteiger partial charge < -0.3 is 10.8 Å². The summed E-state index contributed by atoms with van der Waals surface area (Å²) in [6.07, 6.45) is 4.60. The highest BCUT2D eigenvalue weighted by Crippen LogP contribution is 2.30. The van der Waals surface area contributed by atoms with Crippen LogP contribution in [-0.2, 0) is 0 Å². The molecule has 3 unspecified atom stereocenters. The number of hydrogen-bond acceptors (Lipinski definition) is 3. The van der Waals surface area contributed by atoms with Crippen molar-refractivity contribution in [2.45, 2.75) is 58.1 Å². The van der Waals surface area contributed by atoms with Gasteiger partial charge in [0.25, 0.3) is 0 Å². The van der Waals surface area contributed by atoms with E-state index in [-0.39, 0.29) is 0 Å². The maximum Gasteiger partial charge on any atom is 0.0743 e. The lowest BCUT2D eigenvalue weighted by Crippen LogP contribution is -2.48. The summed E-state index contributed by atoms with van der Waals surface area (Å²) < 4.78 is 0. The fourth-order valence-corrected chi connectivity index (χ4v) is 2.79. The molecule has 1 fully saturated rings. The van der Waals surface area contributed by atoms with Gasteiger partial charge in [-0.25, -0.2) is 0 Å². The summed E-state index contributed by atoms with van der Waals surface area (Å²) >= 11 is 0. The molecular weight excluding hydrogens is 200 g/mol. The first-order valence-corrected chi connectivity index (χ1v) is 6.70. The average molecular weight is 228 g/mol. The highest BCUT2D eigenvalue weighted by molar-refractivity contribution is 4.88. The van der Waals surface area contributed by atoms with Crippen LogP contribution in [0.5, 0.6) is 0 Å². The van der Waals surface area contributed by atoms with E-state index in [9.17, 15) is 5.11 Å². The zero-order chi connectivity index (χ0) is 12.2. The Morgan fingerprint density at radius 3 is 2.56 bits per heavy atom. The minimum Gasteiger partial charge on any atom is -0.389 e. The maximum absolute atomic E-state index is 10.2. The minimum absolute atomic E-state index is 0.558. The van der Waals surface area contributed by atoms with Gasteiger partial charge in [-0.2, -0.15) is 0 Å². The van der Waals surface area contributed by atoms with E-state index in [0.717, 1.165) is 26.1 Å². The summed E-state index contributed by atoms with van der Waals surface area (Å²) in [5.74, 6) is 0.632. The van der Waals surface area contributed by atoms with E-state index < -0.39 is 5.60 Å². The molecule has 1 saturated carbocycles. The van der Waals surface area contributed by atoms with E-state index >= 15 is 0 Å². The van der Waals surface area contributed by atoms with Crippen molar-refractivity contribution in [2.75, 3.05) is 19.6 Å². The lowest BCUT2D eigenvalue weighted by Gasteiger charge is -2.36. The Kier molecular flexibility index (Phi) is 5.22. The van der Waals surface area contributed by atoms with Gasteiger partial charge in [0.15, 0.2) is 0 Å². The molecule has 3 heteroatoms. The van der Waals surface area contributed by atoms with E-state index in [1.165, 1.54) is 19.3 Å². The summed E-state index contributed by atoms with van der Waals surface area (Å²) in [7, 11) is 0. The zero-order valence-electron chi connectivity index (χ0n) is 11.1. The first-order valence-electron chi connectivity index (χ1n) is 6.70.